The molecule has 1 aliphatic heterocycles. The van der Waals surface area contributed by atoms with Gasteiger partial charge in [-0.2, -0.15) is 0 Å². The minimum atomic E-state index is -0.599. The molecule has 1 aromatic heterocycles. The van der Waals surface area contributed by atoms with Gasteiger partial charge in [0.25, 0.3) is 5.91 Å². The molecule has 3 amide bonds. The molecule has 2 aromatic rings. The Morgan fingerprint density at radius 3 is 2.44 bits per heavy atom. The Kier molecular flexibility index (Phi) is 5.25. The number of carbonyl (C=O) groups is 2. The van der Waals surface area contributed by atoms with Gasteiger partial charge in [0.15, 0.2) is 0 Å². The zero-order valence-electron chi connectivity index (χ0n) is 13.8. The molecule has 0 bridgehead atoms. The number of rotatable bonds is 4. The van der Waals surface area contributed by atoms with Crippen molar-refractivity contribution in [2.75, 3.05) is 23.3 Å². The normalized spacial score (nSPS) is 14.7. The molecule has 1 fully saturated rings. The largest absolute Gasteiger partial charge is 0.364 e. The average molecular weight is 339 g/mol. The van der Waals surface area contributed by atoms with Crippen molar-refractivity contribution in [2.24, 2.45) is 5.73 Å². The Hall–Kier alpha value is -2.93. The summed E-state index contributed by atoms with van der Waals surface area (Å²) in [5, 5.41) is 6.17. The van der Waals surface area contributed by atoms with Gasteiger partial charge in [0, 0.05) is 11.7 Å². The summed E-state index contributed by atoms with van der Waals surface area (Å²) in [6.07, 6.45) is 3.21. The number of nitrogens with zero attached hydrogens (tertiary/aromatic N) is 2. The van der Waals surface area contributed by atoms with Gasteiger partial charge in [-0.3, -0.25) is 9.69 Å². The Bertz CT molecular complexity index is 727. The number of primary amides is 1. The quantitative estimate of drug-likeness (QED) is 0.793. The van der Waals surface area contributed by atoms with Gasteiger partial charge in [-0.05, 0) is 50.2 Å². The number of anilines is 2. The molecule has 0 atom stereocenters. The summed E-state index contributed by atoms with van der Waals surface area (Å²) in [5.74, 6) is -0.599. The number of aromatic nitrogens is 1. The van der Waals surface area contributed by atoms with E-state index < -0.39 is 5.91 Å². The predicted molar refractivity (Wildman–Crippen MR) is 96.6 cm³/mol. The zero-order valence-corrected chi connectivity index (χ0v) is 13.8. The minimum absolute atomic E-state index is 0.126. The van der Waals surface area contributed by atoms with Crippen LogP contribution in [-0.4, -0.2) is 36.1 Å². The molecule has 0 saturated carbocycles. The SMILES string of the molecule is NC(=O)c1ccc(NC(=O)N(c2ccccc2)C2CCNCC2)cn1. The van der Waals surface area contributed by atoms with E-state index in [-0.39, 0.29) is 17.8 Å². The highest BCUT2D eigenvalue weighted by Crippen LogP contribution is 2.23. The van der Waals surface area contributed by atoms with Gasteiger partial charge in [0.05, 0.1) is 11.9 Å². The molecule has 4 N–H and O–H groups in total. The topological polar surface area (TPSA) is 100 Å². The van der Waals surface area contributed by atoms with Gasteiger partial charge in [0.1, 0.15) is 5.69 Å². The van der Waals surface area contributed by atoms with Crippen LogP contribution in [0.4, 0.5) is 16.2 Å². The summed E-state index contributed by atoms with van der Waals surface area (Å²) in [6, 6.07) is 12.6. The summed E-state index contributed by atoms with van der Waals surface area (Å²) >= 11 is 0. The minimum Gasteiger partial charge on any atom is -0.364 e. The van der Waals surface area contributed by atoms with Gasteiger partial charge >= 0.3 is 6.03 Å². The molecule has 0 unspecified atom stereocenters. The van der Waals surface area contributed by atoms with Crippen molar-refractivity contribution in [2.45, 2.75) is 18.9 Å². The average Bonchev–Trinajstić information content (AvgIpc) is 2.64. The Morgan fingerprint density at radius 1 is 1.12 bits per heavy atom. The summed E-state index contributed by atoms with van der Waals surface area (Å²) < 4.78 is 0. The maximum Gasteiger partial charge on any atom is 0.326 e. The van der Waals surface area contributed by atoms with Gasteiger partial charge in [-0.15, -0.1) is 0 Å². The van der Waals surface area contributed by atoms with E-state index in [0.717, 1.165) is 31.6 Å². The van der Waals surface area contributed by atoms with E-state index in [1.54, 1.807) is 11.0 Å². The summed E-state index contributed by atoms with van der Waals surface area (Å²) in [4.78, 5) is 29.8. The van der Waals surface area contributed by atoms with Crippen LogP contribution in [0.25, 0.3) is 0 Å². The summed E-state index contributed by atoms with van der Waals surface area (Å²) in [7, 11) is 0. The fourth-order valence-corrected chi connectivity index (χ4v) is 2.94. The first kappa shape index (κ1) is 16.9. The van der Waals surface area contributed by atoms with Crippen LogP contribution in [0, 0.1) is 0 Å². The summed E-state index contributed by atoms with van der Waals surface area (Å²) in [6.45, 7) is 1.77. The molecular formula is C18H21N5O2. The smallest absolute Gasteiger partial charge is 0.326 e. The first-order valence-electron chi connectivity index (χ1n) is 8.27. The molecule has 0 spiro atoms. The van der Waals surface area contributed by atoms with Gasteiger partial charge in [-0.1, -0.05) is 18.2 Å². The lowest BCUT2D eigenvalue weighted by Gasteiger charge is -2.34. The fraction of sp³-hybridized carbons (Fsp3) is 0.278. The molecule has 0 radical (unpaired) electrons. The molecule has 130 valence electrons. The molecule has 1 saturated heterocycles. The lowest BCUT2D eigenvalue weighted by molar-refractivity contribution is 0.0995. The van der Waals surface area contributed by atoms with Crippen LogP contribution in [0.15, 0.2) is 48.7 Å². The first-order valence-corrected chi connectivity index (χ1v) is 8.27. The van der Waals surface area contributed by atoms with Crippen molar-refractivity contribution < 1.29 is 9.59 Å². The third-order valence-electron chi connectivity index (χ3n) is 4.19. The van der Waals surface area contributed by atoms with Crippen molar-refractivity contribution in [3.8, 4) is 0 Å². The molecule has 25 heavy (non-hydrogen) atoms. The van der Waals surface area contributed by atoms with Gasteiger partial charge < -0.3 is 16.4 Å². The predicted octanol–water partition coefficient (Wildman–Crippen LogP) is 1.97. The number of para-hydroxylation sites is 1. The van der Waals surface area contributed by atoms with Crippen molar-refractivity contribution >= 4 is 23.3 Å². The number of hydrogen-bond donors (Lipinski definition) is 3. The van der Waals surface area contributed by atoms with Crippen LogP contribution in [0.1, 0.15) is 23.3 Å². The van der Waals surface area contributed by atoms with E-state index in [1.807, 2.05) is 30.3 Å². The molecule has 7 heteroatoms. The van der Waals surface area contributed by atoms with Crippen molar-refractivity contribution in [1.29, 1.82) is 0 Å². The second-order valence-corrected chi connectivity index (χ2v) is 5.91. The maximum absolute atomic E-state index is 12.9. The third-order valence-corrected chi connectivity index (χ3v) is 4.19. The highest BCUT2D eigenvalue weighted by atomic mass is 16.2. The molecule has 7 nitrogen and oxygen atoms in total. The number of amides is 3. The van der Waals surface area contributed by atoms with Crippen LogP contribution < -0.4 is 21.3 Å². The monoisotopic (exact) mass is 339 g/mol. The number of pyridine rings is 1. The van der Waals surface area contributed by atoms with Crippen LogP contribution in [-0.2, 0) is 0 Å². The first-order chi connectivity index (χ1) is 12.1. The number of nitrogens with one attached hydrogen (secondary N) is 2. The van der Waals surface area contributed by atoms with Crippen molar-refractivity contribution in [3.05, 3.63) is 54.4 Å². The molecule has 3 rings (SSSR count). The Morgan fingerprint density at radius 2 is 1.84 bits per heavy atom. The van der Waals surface area contributed by atoms with Gasteiger partial charge in [-0.25, -0.2) is 9.78 Å². The number of nitrogens with two attached hydrogens (primary N) is 1. The Labute approximate surface area is 146 Å². The summed E-state index contributed by atoms with van der Waals surface area (Å²) in [5.41, 5.74) is 6.72. The molecule has 2 heterocycles. The number of urea groups is 1. The lowest BCUT2D eigenvalue weighted by atomic mass is 10.0. The highest BCUT2D eigenvalue weighted by Gasteiger charge is 2.26. The number of piperidine rings is 1. The Balaban J connectivity index is 1.80. The van der Waals surface area contributed by atoms with Gasteiger partial charge in [0.2, 0.25) is 0 Å². The van der Waals surface area contributed by atoms with Crippen LogP contribution in [0.2, 0.25) is 0 Å². The third kappa shape index (κ3) is 4.13. The molecular weight excluding hydrogens is 318 g/mol. The molecule has 1 aromatic carbocycles. The second kappa shape index (κ2) is 7.76. The van der Waals surface area contributed by atoms with E-state index in [4.69, 9.17) is 5.73 Å². The number of hydrogen-bond acceptors (Lipinski definition) is 4. The van der Waals surface area contributed by atoms with Crippen molar-refractivity contribution in [1.82, 2.24) is 10.3 Å². The second-order valence-electron chi connectivity index (χ2n) is 5.91. The zero-order chi connectivity index (χ0) is 17.6. The molecule has 0 aliphatic carbocycles. The van der Waals surface area contributed by atoms with Crippen LogP contribution in [0.3, 0.4) is 0 Å². The van der Waals surface area contributed by atoms with E-state index in [0.29, 0.717) is 5.69 Å². The maximum atomic E-state index is 12.9. The highest BCUT2D eigenvalue weighted by molar-refractivity contribution is 6.02. The van der Waals surface area contributed by atoms with E-state index in [1.165, 1.54) is 12.3 Å². The van der Waals surface area contributed by atoms with E-state index in [2.05, 4.69) is 15.6 Å². The molecule has 1 aliphatic rings. The number of benzene rings is 1. The van der Waals surface area contributed by atoms with Crippen LogP contribution >= 0.6 is 0 Å². The lowest BCUT2D eigenvalue weighted by Crippen LogP contribution is -2.48. The fourth-order valence-electron chi connectivity index (χ4n) is 2.94. The van der Waals surface area contributed by atoms with Crippen molar-refractivity contribution in [3.63, 3.8) is 0 Å². The van der Waals surface area contributed by atoms with Crippen LogP contribution in [0.5, 0.6) is 0 Å². The van der Waals surface area contributed by atoms with E-state index in [9.17, 15) is 9.59 Å². The van der Waals surface area contributed by atoms with E-state index >= 15 is 0 Å². The number of carbonyl (C=O) groups excluding carboxylic acids is 2. The standard InChI is InChI=1S/C18H21N5O2/c19-17(24)16-7-6-13(12-21-16)22-18(25)23(14-4-2-1-3-5-14)15-8-10-20-11-9-15/h1-7,12,15,20H,8-11H2,(H2,19,24)(H,22,25).